The number of carboxylic acids is 1. The Kier molecular flexibility index (Phi) is 11.0. The fourth-order valence-corrected chi connectivity index (χ4v) is 3.78. The Morgan fingerprint density at radius 1 is 1.00 bits per heavy atom. The zero-order valence-corrected chi connectivity index (χ0v) is 20.5. The van der Waals surface area contributed by atoms with Crippen LogP contribution in [0.15, 0.2) is 30.5 Å². The Morgan fingerprint density at radius 2 is 1.63 bits per heavy atom. The third-order valence-electron chi connectivity index (χ3n) is 5.52. The Bertz CT molecular complexity index is 1030. The van der Waals surface area contributed by atoms with Crippen LogP contribution in [-0.4, -0.2) is 70.2 Å². The number of nitrogens with two attached hydrogens (primary N) is 2. The van der Waals surface area contributed by atoms with Gasteiger partial charge in [0.05, 0.1) is 6.04 Å². The summed E-state index contributed by atoms with van der Waals surface area (Å²) in [6.07, 6.45) is 3.17. The average molecular weight is 507 g/mol. The van der Waals surface area contributed by atoms with Crippen LogP contribution < -0.4 is 27.4 Å². The Hall–Kier alpha value is -3.09. The molecule has 0 saturated heterocycles. The number of carbonyl (C=O) groups is 4. The summed E-state index contributed by atoms with van der Waals surface area (Å²) in [5.41, 5.74) is 12.7. The molecular weight excluding hydrogens is 472 g/mol. The molecule has 0 aliphatic rings. The first-order valence-electron chi connectivity index (χ1n) is 11.4. The maximum Gasteiger partial charge on any atom is 0.326 e. The third-order valence-corrected chi connectivity index (χ3v) is 5.89. The number of aromatic nitrogens is 1. The van der Waals surface area contributed by atoms with Gasteiger partial charge < -0.3 is 37.5 Å². The Morgan fingerprint density at radius 3 is 2.26 bits per heavy atom. The molecular formula is C23H34N6O5S. The van der Waals surface area contributed by atoms with Crippen molar-refractivity contribution in [2.24, 2.45) is 11.5 Å². The number of unbranched alkanes of at least 4 members (excludes halogenated alkanes) is 1. The lowest BCUT2D eigenvalue weighted by Crippen LogP contribution is -2.57. The molecule has 0 radical (unpaired) electrons. The first-order chi connectivity index (χ1) is 16.7. The zero-order valence-electron chi connectivity index (χ0n) is 19.6. The summed E-state index contributed by atoms with van der Waals surface area (Å²) in [5.74, 6) is -3.01. The summed E-state index contributed by atoms with van der Waals surface area (Å²) in [6.45, 7) is 1.88. The van der Waals surface area contributed by atoms with Crippen molar-refractivity contribution in [3.63, 3.8) is 0 Å². The van der Waals surface area contributed by atoms with Gasteiger partial charge in [-0.3, -0.25) is 14.4 Å². The highest BCUT2D eigenvalue weighted by molar-refractivity contribution is 7.80. The lowest BCUT2D eigenvalue weighted by Gasteiger charge is -2.24. The monoisotopic (exact) mass is 506 g/mol. The minimum Gasteiger partial charge on any atom is -0.480 e. The van der Waals surface area contributed by atoms with Crippen molar-refractivity contribution in [2.75, 3.05) is 12.3 Å². The number of carboxylic acid groups (broad SMARTS) is 1. The van der Waals surface area contributed by atoms with E-state index in [1.165, 1.54) is 6.92 Å². The Labute approximate surface area is 209 Å². The number of aromatic amines is 1. The third kappa shape index (κ3) is 8.26. The predicted octanol–water partition coefficient (Wildman–Crippen LogP) is -0.345. The van der Waals surface area contributed by atoms with Crippen molar-refractivity contribution in [2.45, 2.75) is 56.8 Å². The van der Waals surface area contributed by atoms with E-state index < -0.39 is 47.9 Å². The molecule has 1 aromatic heterocycles. The van der Waals surface area contributed by atoms with Gasteiger partial charge in [-0.2, -0.15) is 12.6 Å². The topological polar surface area (TPSA) is 192 Å². The number of benzene rings is 1. The van der Waals surface area contributed by atoms with E-state index in [1.807, 2.05) is 24.3 Å². The van der Waals surface area contributed by atoms with Crippen LogP contribution in [0.25, 0.3) is 10.9 Å². The molecule has 2 rings (SSSR count). The minimum atomic E-state index is -1.21. The lowest BCUT2D eigenvalue weighted by molar-refractivity contribution is -0.142. The molecule has 0 fully saturated rings. The molecule has 0 spiro atoms. The first-order valence-corrected chi connectivity index (χ1v) is 12.1. The molecule has 11 nitrogen and oxygen atoms in total. The number of carbonyl (C=O) groups excluding carboxylic acids is 3. The number of amides is 3. The van der Waals surface area contributed by atoms with Crippen LogP contribution in [0.5, 0.6) is 0 Å². The van der Waals surface area contributed by atoms with E-state index in [-0.39, 0.29) is 18.6 Å². The molecule has 3 amide bonds. The van der Waals surface area contributed by atoms with Crippen LogP contribution in [0.1, 0.15) is 31.7 Å². The highest BCUT2D eigenvalue weighted by atomic mass is 32.1. The van der Waals surface area contributed by atoms with Gasteiger partial charge in [0.1, 0.15) is 18.1 Å². The largest absolute Gasteiger partial charge is 0.480 e. The molecule has 0 aliphatic heterocycles. The highest BCUT2D eigenvalue weighted by Gasteiger charge is 2.29. The van der Waals surface area contributed by atoms with E-state index >= 15 is 0 Å². The SMILES string of the molecule is CC(N)C(=O)NC(CS)C(=O)NC(CCCCN)C(=O)NC(Cc1c[nH]c2ccccc12)C(=O)O. The van der Waals surface area contributed by atoms with Gasteiger partial charge in [-0.25, -0.2) is 4.79 Å². The van der Waals surface area contributed by atoms with Gasteiger partial charge >= 0.3 is 5.97 Å². The summed E-state index contributed by atoms with van der Waals surface area (Å²) < 4.78 is 0. The fraction of sp³-hybridized carbons (Fsp3) is 0.478. The summed E-state index contributed by atoms with van der Waals surface area (Å²) in [4.78, 5) is 52.8. The van der Waals surface area contributed by atoms with Gasteiger partial charge in [0.25, 0.3) is 0 Å². The number of para-hydroxylation sites is 1. The summed E-state index contributed by atoms with van der Waals surface area (Å²) in [7, 11) is 0. The number of thiol groups is 1. The smallest absolute Gasteiger partial charge is 0.326 e. The fourth-order valence-electron chi connectivity index (χ4n) is 3.52. The quantitative estimate of drug-likeness (QED) is 0.127. The number of H-pyrrole nitrogens is 1. The second-order valence-corrected chi connectivity index (χ2v) is 8.71. The van der Waals surface area contributed by atoms with Crippen molar-refractivity contribution in [1.29, 1.82) is 0 Å². The van der Waals surface area contributed by atoms with Gasteiger partial charge in [0.15, 0.2) is 0 Å². The van der Waals surface area contributed by atoms with E-state index in [0.717, 1.165) is 16.5 Å². The van der Waals surface area contributed by atoms with Crippen LogP contribution in [0.4, 0.5) is 0 Å². The highest BCUT2D eigenvalue weighted by Crippen LogP contribution is 2.19. The van der Waals surface area contributed by atoms with Crippen LogP contribution >= 0.6 is 12.6 Å². The molecule has 2 aromatic rings. The average Bonchev–Trinajstić information content (AvgIpc) is 3.23. The van der Waals surface area contributed by atoms with Gasteiger partial charge in [-0.15, -0.1) is 0 Å². The molecule has 9 N–H and O–H groups in total. The summed E-state index contributed by atoms with van der Waals surface area (Å²) in [5, 5.41) is 18.2. The molecule has 1 aromatic carbocycles. The van der Waals surface area contributed by atoms with Gasteiger partial charge in [0, 0.05) is 29.3 Å². The maximum atomic E-state index is 13.1. The molecule has 4 atom stereocenters. The van der Waals surface area contributed by atoms with Crippen LogP contribution in [0.3, 0.4) is 0 Å². The number of hydrogen-bond acceptors (Lipinski definition) is 7. The van der Waals surface area contributed by atoms with Crippen LogP contribution in [0, 0.1) is 0 Å². The van der Waals surface area contributed by atoms with Crippen molar-refractivity contribution >= 4 is 47.2 Å². The summed E-state index contributed by atoms with van der Waals surface area (Å²) in [6, 6.07) is 3.38. The number of rotatable bonds is 14. The second-order valence-electron chi connectivity index (χ2n) is 8.34. The maximum absolute atomic E-state index is 13.1. The Balaban J connectivity index is 2.14. The van der Waals surface area contributed by atoms with Crippen molar-refractivity contribution in [3.05, 3.63) is 36.0 Å². The normalized spacial score (nSPS) is 14.5. The molecule has 192 valence electrons. The van der Waals surface area contributed by atoms with E-state index in [4.69, 9.17) is 11.5 Å². The van der Waals surface area contributed by atoms with Gasteiger partial charge in [-0.05, 0) is 44.4 Å². The lowest BCUT2D eigenvalue weighted by atomic mass is 10.0. The second kappa shape index (κ2) is 13.7. The number of nitrogens with one attached hydrogen (secondary N) is 4. The zero-order chi connectivity index (χ0) is 26.0. The summed E-state index contributed by atoms with van der Waals surface area (Å²) >= 11 is 4.10. The van der Waals surface area contributed by atoms with Crippen molar-refractivity contribution < 1.29 is 24.3 Å². The number of aliphatic carboxylic acids is 1. The van der Waals surface area contributed by atoms with E-state index in [2.05, 4.69) is 33.6 Å². The van der Waals surface area contributed by atoms with Crippen molar-refractivity contribution in [1.82, 2.24) is 20.9 Å². The molecule has 0 saturated carbocycles. The van der Waals surface area contributed by atoms with E-state index in [9.17, 15) is 24.3 Å². The van der Waals surface area contributed by atoms with Gasteiger partial charge in [0.2, 0.25) is 17.7 Å². The molecule has 0 aliphatic carbocycles. The predicted molar refractivity (Wildman–Crippen MR) is 136 cm³/mol. The molecule has 1 heterocycles. The molecule has 35 heavy (non-hydrogen) atoms. The number of hydrogen-bond donors (Lipinski definition) is 8. The van der Waals surface area contributed by atoms with Crippen LogP contribution in [-0.2, 0) is 25.6 Å². The molecule has 4 unspecified atom stereocenters. The van der Waals surface area contributed by atoms with Gasteiger partial charge in [-0.1, -0.05) is 18.2 Å². The first kappa shape index (κ1) is 28.1. The van der Waals surface area contributed by atoms with Crippen LogP contribution in [0.2, 0.25) is 0 Å². The van der Waals surface area contributed by atoms with Crippen molar-refractivity contribution in [3.8, 4) is 0 Å². The molecule has 12 heteroatoms. The van der Waals surface area contributed by atoms with E-state index in [0.29, 0.717) is 19.4 Å². The molecule has 0 bridgehead atoms. The number of fused-ring (bicyclic) bond motifs is 1. The van der Waals surface area contributed by atoms with E-state index in [1.54, 1.807) is 6.20 Å². The minimum absolute atomic E-state index is 0.0141. The standard InChI is InChI=1S/C23H34N6O5S/c1-13(25)20(30)29-19(12-35)22(32)27-17(8-4-5-9-24)21(31)28-18(23(33)34)10-14-11-26-16-7-3-2-6-15(14)16/h2-3,6-7,11,13,17-19,26,35H,4-5,8-10,12,24-25H2,1H3,(H,27,32)(H,28,31)(H,29,30)(H,33,34).